The Labute approximate surface area is 152 Å². The van der Waals surface area contributed by atoms with Crippen molar-refractivity contribution in [3.05, 3.63) is 5.82 Å². The first-order valence-electron chi connectivity index (χ1n) is 8.86. The van der Waals surface area contributed by atoms with Crippen molar-refractivity contribution in [2.45, 2.75) is 50.5 Å². The van der Waals surface area contributed by atoms with E-state index in [9.17, 15) is 17.2 Å². The van der Waals surface area contributed by atoms with Crippen molar-refractivity contribution in [2.24, 2.45) is 5.92 Å². The van der Waals surface area contributed by atoms with Gasteiger partial charge >= 0.3 is 0 Å². The lowest BCUT2D eigenvalue weighted by Crippen LogP contribution is -2.30. The van der Waals surface area contributed by atoms with Crippen LogP contribution in [0.2, 0.25) is 0 Å². The van der Waals surface area contributed by atoms with Crippen molar-refractivity contribution in [1.29, 1.82) is 0 Å². The van der Waals surface area contributed by atoms with Crippen LogP contribution >= 0.6 is 0 Å². The number of rotatable bonds is 9. The molecule has 0 aliphatic heterocycles. The standard InChI is InChI=1S/C16H25F2N5O2S/c1-4-12(9-26(3,24)25)19-14-20-13(10-5-6-10)21-15(22-14)23(2)8-11-7-16(11,17)18/h10-12H,4-9H2,1-3H3,(H,19,20,21,22). The molecule has 26 heavy (non-hydrogen) atoms. The molecule has 0 amide bonds. The van der Waals surface area contributed by atoms with Gasteiger partial charge in [0, 0.05) is 44.1 Å². The number of halogens is 2. The molecule has 10 heteroatoms. The molecule has 2 unspecified atom stereocenters. The van der Waals surface area contributed by atoms with Gasteiger partial charge < -0.3 is 10.2 Å². The Morgan fingerprint density at radius 3 is 2.46 bits per heavy atom. The molecular formula is C16H25F2N5O2S. The van der Waals surface area contributed by atoms with Crippen LogP contribution in [0.25, 0.3) is 0 Å². The molecular weight excluding hydrogens is 364 g/mol. The van der Waals surface area contributed by atoms with E-state index in [0.29, 0.717) is 24.1 Å². The fourth-order valence-corrected chi connectivity index (χ4v) is 3.88. The third-order valence-corrected chi connectivity index (χ3v) is 5.71. The Hall–Kier alpha value is -1.58. The average Bonchev–Trinajstić information content (AvgIpc) is 3.43. The van der Waals surface area contributed by atoms with Gasteiger partial charge in [0.15, 0.2) is 0 Å². The largest absolute Gasteiger partial charge is 0.350 e. The first kappa shape index (κ1) is 19.2. The fraction of sp³-hybridized carbons (Fsp3) is 0.812. The minimum atomic E-state index is -3.14. The molecule has 0 saturated heterocycles. The second-order valence-electron chi connectivity index (χ2n) is 7.48. The van der Waals surface area contributed by atoms with Crippen molar-refractivity contribution >= 4 is 21.7 Å². The van der Waals surface area contributed by atoms with Crippen LogP contribution in [0.3, 0.4) is 0 Å². The summed E-state index contributed by atoms with van der Waals surface area (Å²) in [6.07, 6.45) is 3.67. The van der Waals surface area contributed by atoms with Crippen LogP contribution in [-0.4, -0.2) is 60.9 Å². The highest BCUT2D eigenvalue weighted by atomic mass is 32.2. The number of nitrogens with one attached hydrogen (secondary N) is 1. The van der Waals surface area contributed by atoms with Crippen molar-refractivity contribution < 1.29 is 17.2 Å². The van der Waals surface area contributed by atoms with Crippen LogP contribution in [0.1, 0.15) is 44.3 Å². The van der Waals surface area contributed by atoms with E-state index in [1.54, 1.807) is 11.9 Å². The molecule has 2 saturated carbocycles. The molecule has 7 nitrogen and oxygen atoms in total. The maximum absolute atomic E-state index is 13.2. The smallest absolute Gasteiger partial charge is 0.253 e. The van der Waals surface area contributed by atoms with Gasteiger partial charge in [0.1, 0.15) is 15.7 Å². The van der Waals surface area contributed by atoms with Gasteiger partial charge in [-0.15, -0.1) is 0 Å². The van der Waals surface area contributed by atoms with Gasteiger partial charge in [-0.05, 0) is 19.3 Å². The van der Waals surface area contributed by atoms with Crippen LogP contribution in [0.5, 0.6) is 0 Å². The first-order chi connectivity index (χ1) is 12.1. The maximum atomic E-state index is 13.2. The SMILES string of the molecule is CCC(CS(C)(=O)=O)Nc1nc(C2CC2)nc(N(C)CC2CC2(F)F)n1. The quantitative estimate of drug-likeness (QED) is 0.692. The Morgan fingerprint density at radius 2 is 1.96 bits per heavy atom. The molecule has 1 aromatic heterocycles. The number of nitrogens with zero attached hydrogens (tertiary/aromatic N) is 4. The Bertz CT molecular complexity index is 770. The molecule has 1 heterocycles. The molecule has 2 fully saturated rings. The van der Waals surface area contributed by atoms with Crippen molar-refractivity contribution in [3.8, 4) is 0 Å². The highest BCUT2D eigenvalue weighted by Crippen LogP contribution is 2.49. The van der Waals surface area contributed by atoms with Gasteiger partial charge in [-0.3, -0.25) is 0 Å². The highest BCUT2D eigenvalue weighted by Gasteiger charge is 2.57. The molecule has 2 aliphatic rings. The maximum Gasteiger partial charge on any atom is 0.253 e. The Kier molecular flexibility index (Phi) is 5.06. The number of anilines is 2. The summed E-state index contributed by atoms with van der Waals surface area (Å²) in [6, 6.07) is -0.314. The third-order valence-electron chi connectivity index (χ3n) is 4.70. The molecule has 0 bridgehead atoms. The molecule has 146 valence electrons. The summed E-state index contributed by atoms with van der Waals surface area (Å²) >= 11 is 0. The molecule has 2 atom stereocenters. The Balaban J connectivity index is 1.77. The number of alkyl halides is 2. The average molecular weight is 389 g/mol. The zero-order chi connectivity index (χ0) is 19.1. The minimum Gasteiger partial charge on any atom is -0.350 e. The topological polar surface area (TPSA) is 88.1 Å². The van der Waals surface area contributed by atoms with E-state index in [1.165, 1.54) is 6.26 Å². The number of hydrogen-bond donors (Lipinski definition) is 1. The molecule has 0 aromatic carbocycles. The van der Waals surface area contributed by atoms with Gasteiger partial charge in [-0.1, -0.05) is 6.92 Å². The van der Waals surface area contributed by atoms with Crippen LogP contribution in [-0.2, 0) is 9.84 Å². The predicted molar refractivity (Wildman–Crippen MR) is 95.5 cm³/mol. The Morgan fingerprint density at radius 1 is 1.31 bits per heavy atom. The predicted octanol–water partition coefficient (Wildman–Crippen LogP) is 2.08. The fourth-order valence-electron chi connectivity index (χ4n) is 2.83. The monoisotopic (exact) mass is 389 g/mol. The molecule has 0 radical (unpaired) electrons. The van der Waals surface area contributed by atoms with E-state index in [4.69, 9.17) is 0 Å². The van der Waals surface area contributed by atoms with E-state index in [1.807, 2.05) is 6.92 Å². The second kappa shape index (κ2) is 6.86. The van der Waals surface area contributed by atoms with Gasteiger partial charge in [0.05, 0.1) is 5.75 Å². The normalized spacial score (nSPS) is 22.7. The van der Waals surface area contributed by atoms with E-state index >= 15 is 0 Å². The lowest BCUT2D eigenvalue weighted by atomic mass is 10.3. The second-order valence-corrected chi connectivity index (χ2v) is 9.66. The zero-order valence-corrected chi connectivity index (χ0v) is 16.1. The van der Waals surface area contributed by atoms with Crippen LogP contribution in [0.15, 0.2) is 0 Å². The number of sulfone groups is 1. The highest BCUT2D eigenvalue weighted by molar-refractivity contribution is 7.90. The summed E-state index contributed by atoms with van der Waals surface area (Å²) in [5.74, 6) is -1.72. The van der Waals surface area contributed by atoms with Crippen LogP contribution in [0, 0.1) is 5.92 Å². The van der Waals surface area contributed by atoms with E-state index in [2.05, 4.69) is 20.3 Å². The van der Waals surface area contributed by atoms with Gasteiger partial charge in [-0.2, -0.15) is 15.0 Å². The summed E-state index contributed by atoms with van der Waals surface area (Å²) in [7, 11) is -1.45. The summed E-state index contributed by atoms with van der Waals surface area (Å²) in [4.78, 5) is 14.8. The van der Waals surface area contributed by atoms with E-state index < -0.39 is 21.7 Å². The van der Waals surface area contributed by atoms with Crippen molar-refractivity contribution in [3.63, 3.8) is 0 Å². The summed E-state index contributed by atoms with van der Waals surface area (Å²) in [5.41, 5.74) is 0. The summed E-state index contributed by atoms with van der Waals surface area (Å²) in [5, 5.41) is 3.07. The molecule has 1 aromatic rings. The van der Waals surface area contributed by atoms with Crippen LogP contribution < -0.4 is 10.2 Å². The van der Waals surface area contributed by atoms with E-state index in [-0.39, 0.29) is 30.7 Å². The number of hydrogen-bond acceptors (Lipinski definition) is 7. The van der Waals surface area contributed by atoms with Gasteiger partial charge in [0.2, 0.25) is 11.9 Å². The molecule has 1 N–H and O–H groups in total. The lowest BCUT2D eigenvalue weighted by Gasteiger charge is -2.20. The zero-order valence-electron chi connectivity index (χ0n) is 15.2. The van der Waals surface area contributed by atoms with Gasteiger partial charge in [-0.25, -0.2) is 17.2 Å². The summed E-state index contributed by atoms with van der Waals surface area (Å²) < 4.78 is 49.5. The molecule has 3 rings (SSSR count). The minimum absolute atomic E-state index is 0.0204. The number of aromatic nitrogens is 3. The van der Waals surface area contributed by atoms with Crippen molar-refractivity contribution in [2.75, 3.05) is 35.8 Å². The summed E-state index contributed by atoms with van der Waals surface area (Å²) in [6.45, 7) is 2.06. The molecule has 2 aliphatic carbocycles. The van der Waals surface area contributed by atoms with Gasteiger partial charge in [0.25, 0.3) is 5.92 Å². The lowest BCUT2D eigenvalue weighted by molar-refractivity contribution is 0.100. The first-order valence-corrected chi connectivity index (χ1v) is 10.9. The van der Waals surface area contributed by atoms with E-state index in [0.717, 1.165) is 12.8 Å². The van der Waals surface area contributed by atoms with Crippen molar-refractivity contribution in [1.82, 2.24) is 15.0 Å². The molecule has 0 spiro atoms. The van der Waals surface area contributed by atoms with Crippen LogP contribution in [0.4, 0.5) is 20.7 Å². The third kappa shape index (κ3) is 4.99.